The Morgan fingerprint density at radius 3 is 2.80 bits per heavy atom. The SMILES string of the molecule is CS(=O)(=O)c1ccccc1NCc1cc2c(s1)CCC2. The van der Waals surface area contributed by atoms with Crippen LogP contribution in [0.25, 0.3) is 0 Å². The Morgan fingerprint density at radius 1 is 1.25 bits per heavy atom. The van der Waals surface area contributed by atoms with Crippen molar-refractivity contribution in [1.82, 2.24) is 0 Å². The van der Waals surface area contributed by atoms with Gasteiger partial charge in [-0.15, -0.1) is 11.3 Å². The first-order chi connectivity index (χ1) is 9.54. The minimum atomic E-state index is -3.19. The molecule has 1 aliphatic carbocycles. The van der Waals surface area contributed by atoms with Crippen molar-refractivity contribution in [3.8, 4) is 0 Å². The summed E-state index contributed by atoms with van der Waals surface area (Å²) in [6.45, 7) is 0.685. The van der Waals surface area contributed by atoms with E-state index in [9.17, 15) is 8.42 Å². The van der Waals surface area contributed by atoms with Crippen LogP contribution in [-0.2, 0) is 29.2 Å². The smallest absolute Gasteiger partial charge is 0.177 e. The van der Waals surface area contributed by atoms with Crippen LogP contribution in [0.4, 0.5) is 5.69 Å². The highest BCUT2D eigenvalue weighted by Crippen LogP contribution is 2.31. The van der Waals surface area contributed by atoms with E-state index in [-0.39, 0.29) is 0 Å². The van der Waals surface area contributed by atoms with Gasteiger partial charge in [-0.2, -0.15) is 0 Å². The van der Waals surface area contributed by atoms with E-state index in [1.807, 2.05) is 23.5 Å². The third-order valence-corrected chi connectivity index (χ3v) is 5.93. The Kier molecular flexibility index (Phi) is 3.56. The number of anilines is 1. The van der Waals surface area contributed by atoms with Crippen LogP contribution in [0.3, 0.4) is 0 Å². The number of aryl methyl sites for hydroxylation is 2. The van der Waals surface area contributed by atoms with Gasteiger partial charge in [0.05, 0.1) is 10.6 Å². The fraction of sp³-hybridized carbons (Fsp3) is 0.333. The van der Waals surface area contributed by atoms with Gasteiger partial charge in [-0.3, -0.25) is 0 Å². The molecule has 2 aromatic rings. The van der Waals surface area contributed by atoms with Crippen molar-refractivity contribution in [2.24, 2.45) is 0 Å². The molecule has 0 amide bonds. The van der Waals surface area contributed by atoms with Crippen molar-refractivity contribution in [2.75, 3.05) is 11.6 Å². The number of benzene rings is 1. The molecule has 0 radical (unpaired) electrons. The summed E-state index contributed by atoms with van der Waals surface area (Å²) in [6.07, 6.45) is 4.89. The minimum absolute atomic E-state index is 0.365. The summed E-state index contributed by atoms with van der Waals surface area (Å²) < 4.78 is 23.5. The summed E-state index contributed by atoms with van der Waals surface area (Å²) >= 11 is 1.84. The van der Waals surface area contributed by atoms with E-state index in [0.717, 1.165) is 0 Å². The molecule has 1 heterocycles. The number of rotatable bonds is 4. The molecule has 106 valence electrons. The lowest BCUT2D eigenvalue weighted by Gasteiger charge is -2.09. The topological polar surface area (TPSA) is 46.2 Å². The maximum absolute atomic E-state index is 11.7. The second-order valence-corrected chi connectivity index (χ2v) is 8.34. The van der Waals surface area contributed by atoms with Gasteiger partial charge in [0.1, 0.15) is 0 Å². The molecule has 0 atom stereocenters. The molecule has 3 nitrogen and oxygen atoms in total. The fourth-order valence-electron chi connectivity index (χ4n) is 2.60. The lowest BCUT2D eigenvalue weighted by molar-refractivity contribution is 0.602. The predicted molar refractivity (Wildman–Crippen MR) is 83.2 cm³/mol. The van der Waals surface area contributed by atoms with Gasteiger partial charge in [0, 0.05) is 22.6 Å². The number of para-hydroxylation sites is 1. The van der Waals surface area contributed by atoms with E-state index in [1.165, 1.54) is 40.8 Å². The first-order valence-electron chi connectivity index (χ1n) is 6.67. The molecule has 1 aliphatic rings. The predicted octanol–water partition coefficient (Wildman–Crippen LogP) is 3.25. The molecule has 0 saturated heterocycles. The van der Waals surface area contributed by atoms with E-state index in [4.69, 9.17) is 0 Å². The van der Waals surface area contributed by atoms with Crippen molar-refractivity contribution in [2.45, 2.75) is 30.7 Å². The summed E-state index contributed by atoms with van der Waals surface area (Å²) in [6, 6.07) is 9.32. The minimum Gasteiger partial charge on any atom is -0.379 e. The lowest BCUT2D eigenvalue weighted by Crippen LogP contribution is -2.05. The normalized spacial score (nSPS) is 14.2. The molecule has 0 bridgehead atoms. The van der Waals surface area contributed by atoms with Gasteiger partial charge in [0.25, 0.3) is 0 Å². The average Bonchev–Trinajstić information content (AvgIpc) is 2.96. The molecular formula is C15H17NO2S2. The standard InChI is InChI=1S/C15H17NO2S2/c1-20(17,18)15-8-3-2-6-13(15)16-10-12-9-11-5-4-7-14(11)19-12/h2-3,6,8-9,16H,4-5,7,10H2,1H3. The van der Waals surface area contributed by atoms with Crippen molar-refractivity contribution in [1.29, 1.82) is 0 Å². The highest BCUT2D eigenvalue weighted by atomic mass is 32.2. The summed E-state index contributed by atoms with van der Waals surface area (Å²) in [5.41, 5.74) is 2.16. The molecule has 3 rings (SSSR count). The van der Waals surface area contributed by atoms with Crippen LogP contribution in [-0.4, -0.2) is 14.7 Å². The highest BCUT2D eigenvalue weighted by molar-refractivity contribution is 7.90. The number of hydrogen-bond donors (Lipinski definition) is 1. The van der Waals surface area contributed by atoms with Crippen LogP contribution in [0.2, 0.25) is 0 Å². The van der Waals surface area contributed by atoms with Crippen LogP contribution in [0.1, 0.15) is 21.7 Å². The quantitative estimate of drug-likeness (QED) is 0.943. The van der Waals surface area contributed by atoms with Crippen LogP contribution in [0.15, 0.2) is 35.2 Å². The summed E-state index contributed by atoms with van der Waals surface area (Å²) in [4.78, 5) is 3.14. The maximum atomic E-state index is 11.7. The van der Waals surface area contributed by atoms with Gasteiger partial charge in [-0.1, -0.05) is 12.1 Å². The molecule has 0 spiro atoms. The van der Waals surface area contributed by atoms with Gasteiger partial charge in [0.15, 0.2) is 9.84 Å². The number of nitrogens with one attached hydrogen (secondary N) is 1. The van der Waals surface area contributed by atoms with Gasteiger partial charge in [-0.25, -0.2) is 8.42 Å². The highest BCUT2D eigenvalue weighted by Gasteiger charge is 2.16. The Balaban J connectivity index is 1.78. The largest absolute Gasteiger partial charge is 0.379 e. The fourth-order valence-corrected chi connectivity index (χ4v) is 4.66. The lowest BCUT2D eigenvalue weighted by atomic mass is 10.2. The second-order valence-electron chi connectivity index (χ2n) is 5.14. The van der Waals surface area contributed by atoms with E-state index < -0.39 is 9.84 Å². The Morgan fingerprint density at radius 2 is 2.05 bits per heavy atom. The summed E-state index contributed by atoms with van der Waals surface area (Å²) in [5, 5.41) is 3.26. The molecule has 1 aromatic heterocycles. The van der Waals surface area contributed by atoms with Gasteiger partial charge in [0.2, 0.25) is 0 Å². The number of sulfone groups is 1. The second kappa shape index (κ2) is 5.22. The first-order valence-corrected chi connectivity index (χ1v) is 9.38. The zero-order chi connectivity index (χ0) is 14.2. The van der Waals surface area contributed by atoms with Crippen molar-refractivity contribution in [3.63, 3.8) is 0 Å². The molecule has 5 heteroatoms. The van der Waals surface area contributed by atoms with Crippen LogP contribution in [0, 0.1) is 0 Å². The zero-order valence-corrected chi connectivity index (χ0v) is 13.0. The van der Waals surface area contributed by atoms with Crippen molar-refractivity contribution in [3.05, 3.63) is 45.6 Å². The van der Waals surface area contributed by atoms with Crippen LogP contribution in [0.5, 0.6) is 0 Å². The average molecular weight is 307 g/mol. The molecule has 0 fully saturated rings. The summed E-state index contributed by atoms with van der Waals surface area (Å²) in [5.74, 6) is 0. The van der Waals surface area contributed by atoms with Gasteiger partial charge in [-0.05, 0) is 43.0 Å². The molecule has 1 N–H and O–H groups in total. The molecule has 0 saturated carbocycles. The van der Waals surface area contributed by atoms with Crippen molar-refractivity contribution < 1.29 is 8.42 Å². The number of hydrogen-bond acceptors (Lipinski definition) is 4. The van der Waals surface area contributed by atoms with Crippen molar-refractivity contribution >= 4 is 26.9 Å². The van der Waals surface area contributed by atoms with Gasteiger partial charge < -0.3 is 5.32 Å². The van der Waals surface area contributed by atoms with Crippen LogP contribution >= 0.6 is 11.3 Å². The Hall–Kier alpha value is -1.33. The van der Waals surface area contributed by atoms with E-state index >= 15 is 0 Å². The monoisotopic (exact) mass is 307 g/mol. The third kappa shape index (κ3) is 2.74. The number of fused-ring (bicyclic) bond motifs is 1. The molecule has 0 aliphatic heterocycles. The Bertz CT molecular complexity index is 711. The molecule has 20 heavy (non-hydrogen) atoms. The maximum Gasteiger partial charge on any atom is 0.177 e. The van der Waals surface area contributed by atoms with E-state index in [2.05, 4.69) is 11.4 Å². The summed E-state index contributed by atoms with van der Waals surface area (Å²) in [7, 11) is -3.19. The third-order valence-electron chi connectivity index (χ3n) is 3.54. The Labute approximate surface area is 123 Å². The molecule has 0 unspecified atom stereocenters. The van der Waals surface area contributed by atoms with E-state index in [1.54, 1.807) is 12.1 Å². The van der Waals surface area contributed by atoms with Gasteiger partial charge >= 0.3 is 0 Å². The van der Waals surface area contributed by atoms with Crippen LogP contribution < -0.4 is 5.32 Å². The van der Waals surface area contributed by atoms with E-state index in [0.29, 0.717) is 17.1 Å². The molecular weight excluding hydrogens is 290 g/mol. The first kappa shape index (κ1) is 13.6. The number of thiophene rings is 1. The zero-order valence-electron chi connectivity index (χ0n) is 11.3. The molecule has 1 aromatic carbocycles.